The maximum absolute atomic E-state index is 13.1. The lowest BCUT2D eigenvalue weighted by Gasteiger charge is -2.17. The number of furan rings is 1. The van der Waals surface area contributed by atoms with Gasteiger partial charge in [-0.1, -0.05) is 42.0 Å². The molecule has 0 bridgehead atoms. The number of fused-ring (bicyclic) bond motifs is 3. The molecule has 2 amide bonds. The molecule has 7 nitrogen and oxygen atoms in total. The highest BCUT2D eigenvalue weighted by atomic mass is 16.3. The summed E-state index contributed by atoms with van der Waals surface area (Å²) in [5.74, 6) is -0.0869. The van der Waals surface area contributed by atoms with Crippen molar-refractivity contribution in [2.75, 3.05) is 7.05 Å². The van der Waals surface area contributed by atoms with E-state index in [-0.39, 0.29) is 11.8 Å². The number of H-pyrrole nitrogens is 1. The van der Waals surface area contributed by atoms with Gasteiger partial charge in [-0.25, -0.2) is 0 Å². The summed E-state index contributed by atoms with van der Waals surface area (Å²) < 4.78 is 6.36. The summed E-state index contributed by atoms with van der Waals surface area (Å²) in [6.45, 7) is 5.30. The Kier molecular flexibility index (Phi) is 5.81. The van der Waals surface area contributed by atoms with Crippen molar-refractivity contribution in [3.63, 3.8) is 0 Å². The number of carbonyl (C=O) groups excluding carboxylic acids is 2. The summed E-state index contributed by atoms with van der Waals surface area (Å²) in [4.78, 5) is 29.3. The van der Waals surface area contributed by atoms with Gasteiger partial charge in [0.2, 0.25) is 0 Å². The Balaban J connectivity index is 1.73. The molecule has 0 spiro atoms. The third-order valence-electron chi connectivity index (χ3n) is 6.40. The van der Waals surface area contributed by atoms with Crippen molar-refractivity contribution in [3.05, 3.63) is 83.6 Å². The first-order valence-corrected chi connectivity index (χ1v) is 11.9. The van der Waals surface area contributed by atoms with E-state index in [1.807, 2.05) is 55.6 Å². The fraction of sp³-hybridized carbons (Fsp3) is 0.167. The minimum Gasteiger partial charge on any atom is -0.454 e. The van der Waals surface area contributed by atoms with Crippen LogP contribution in [-0.2, 0) is 0 Å². The molecule has 184 valence electrons. The molecule has 5 aromatic rings. The van der Waals surface area contributed by atoms with E-state index in [1.54, 1.807) is 39.1 Å². The van der Waals surface area contributed by atoms with Crippen LogP contribution in [0.15, 0.2) is 71.3 Å². The van der Waals surface area contributed by atoms with Gasteiger partial charge >= 0.3 is 0 Å². The molecule has 3 aromatic carbocycles. The lowest BCUT2D eigenvalue weighted by atomic mass is 9.96. The van der Waals surface area contributed by atoms with Crippen LogP contribution in [0.4, 0.5) is 0 Å². The average molecular weight is 491 g/mol. The van der Waals surface area contributed by atoms with E-state index in [4.69, 9.17) is 4.42 Å². The third kappa shape index (κ3) is 4.23. The Morgan fingerprint density at radius 2 is 1.73 bits per heavy atom. The first kappa shape index (κ1) is 23.9. The zero-order valence-electron chi connectivity index (χ0n) is 21.0. The second-order valence-corrected chi connectivity index (χ2v) is 9.59. The SMILES string of the molecule is CNC(=O)c1c(-c2ccc(C)cc2)oc2c1cc(-c1cccc(C(=O)NC(C)(C)C#N)c1)c1[nH]ccc12. The fourth-order valence-corrected chi connectivity index (χ4v) is 4.48. The third-order valence-corrected chi connectivity index (χ3v) is 6.40. The number of hydrogen-bond acceptors (Lipinski definition) is 4. The van der Waals surface area contributed by atoms with E-state index in [0.717, 1.165) is 33.2 Å². The molecule has 0 atom stereocenters. The summed E-state index contributed by atoms with van der Waals surface area (Å²) >= 11 is 0. The predicted octanol–water partition coefficient (Wildman–Crippen LogP) is 5.95. The smallest absolute Gasteiger partial charge is 0.255 e. The molecule has 5 rings (SSSR count). The van der Waals surface area contributed by atoms with Crippen LogP contribution in [0.2, 0.25) is 0 Å². The second kappa shape index (κ2) is 8.99. The van der Waals surface area contributed by atoms with Crippen molar-refractivity contribution in [2.45, 2.75) is 26.3 Å². The van der Waals surface area contributed by atoms with E-state index >= 15 is 0 Å². The number of benzene rings is 3. The number of aryl methyl sites for hydroxylation is 1. The Labute approximate surface area is 214 Å². The molecular weight excluding hydrogens is 464 g/mol. The van der Waals surface area contributed by atoms with Crippen molar-refractivity contribution in [2.24, 2.45) is 0 Å². The van der Waals surface area contributed by atoms with Gasteiger partial charge in [-0.3, -0.25) is 9.59 Å². The standard InChI is InChI=1S/C30H26N4O3/c1-17-8-10-18(11-9-17)26-24(29(36)32-4)23-15-22(25-21(12-13-33-25)27(23)37-26)19-6-5-7-20(14-19)28(35)34-30(2,3)16-31/h5-15,33H,1-4H3,(H,32,36)(H,34,35). The lowest BCUT2D eigenvalue weighted by Crippen LogP contribution is -2.42. The second-order valence-electron chi connectivity index (χ2n) is 9.59. The minimum atomic E-state index is -0.996. The van der Waals surface area contributed by atoms with Crippen molar-refractivity contribution >= 4 is 33.7 Å². The molecule has 0 saturated heterocycles. The van der Waals surface area contributed by atoms with Crippen molar-refractivity contribution in [3.8, 4) is 28.5 Å². The van der Waals surface area contributed by atoms with Gasteiger partial charge in [-0.15, -0.1) is 0 Å². The van der Waals surface area contributed by atoms with Crippen molar-refractivity contribution in [1.82, 2.24) is 15.6 Å². The molecular formula is C30H26N4O3. The van der Waals surface area contributed by atoms with E-state index in [1.165, 1.54) is 0 Å². The molecule has 37 heavy (non-hydrogen) atoms. The number of nitrogens with one attached hydrogen (secondary N) is 3. The van der Waals surface area contributed by atoms with Gasteiger partial charge in [-0.2, -0.15) is 5.26 Å². The zero-order chi connectivity index (χ0) is 26.3. The highest BCUT2D eigenvalue weighted by Gasteiger charge is 2.25. The molecule has 0 fully saturated rings. The molecule has 2 aromatic heterocycles. The molecule has 0 unspecified atom stereocenters. The quantitative estimate of drug-likeness (QED) is 0.283. The number of rotatable bonds is 5. The van der Waals surface area contributed by atoms with Gasteiger partial charge in [0.1, 0.15) is 16.9 Å². The van der Waals surface area contributed by atoms with Crippen LogP contribution in [0.3, 0.4) is 0 Å². The van der Waals surface area contributed by atoms with E-state index in [9.17, 15) is 14.9 Å². The number of nitriles is 1. The maximum Gasteiger partial charge on any atom is 0.255 e. The van der Waals surface area contributed by atoms with E-state index < -0.39 is 5.54 Å². The van der Waals surface area contributed by atoms with Gasteiger partial charge in [0.25, 0.3) is 11.8 Å². The summed E-state index contributed by atoms with van der Waals surface area (Å²) in [6.07, 6.45) is 1.83. The summed E-state index contributed by atoms with van der Waals surface area (Å²) in [7, 11) is 1.60. The maximum atomic E-state index is 13.1. The Morgan fingerprint density at radius 3 is 2.43 bits per heavy atom. The number of carbonyl (C=O) groups is 2. The predicted molar refractivity (Wildman–Crippen MR) is 144 cm³/mol. The van der Waals surface area contributed by atoms with Crippen LogP contribution < -0.4 is 10.6 Å². The fourth-order valence-electron chi connectivity index (χ4n) is 4.48. The first-order valence-electron chi connectivity index (χ1n) is 11.9. The molecule has 2 heterocycles. The van der Waals surface area contributed by atoms with Crippen LogP contribution in [0.25, 0.3) is 44.3 Å². The Morgan fingerprint density at radius 1 is 0.973 bits per heavy atom. The molecule has 7 heteroatoms. The lowest BCUT2D eigenvalue weighted by molar-refractivity contribution is 0.0927. The molecule has 0 radical (unpaired) electrons. The summed E-state index contributed by atoms with van der Waals surface area (Å²) in [5.41, 5.74) is 4.86. The van der Waals surface area contributed by atoms with Gasteiger partial charge in [0.05, 0.1) is 17.1 Å². The number of aromatic amines is 1. The normalized spacial score (nSPS) is 11.4. The van der Waals surface area contributed by atoms with Crippen LogP contribution in [0.5, 0.6) is 0 Å². The first-order chi connectivity index (χ1) is 17.7. The molecule has 0 aliphatic rings. The topological polar surface area (TPSA) is 111 Å². The van der Waals surface area contributed by atoms with Gasteiger partial charge in [0.15, 0.2) is 0 Å². The number of amides is 2. The highest BCUT2D eigenvalue weighted by Crippen LogP contribution is 2.41. The van der Waals surface area contributed by atoms with Crippen LogP contribution in [-0.4, -0.2) is 29.4 Å². The van der Waals surface area contributed by atoms with Crippen molar-refractivity contribution < 1.29 is 14.0 Å². The zero-order valence-corrected chi connectivity index (χ0v) is 21.0. The summed E-state index contributed by atoms with van der Waals surface area (Å²) in [6, 6.07) is 21.0. The van der Waals surface area contributed by atoms with Crippen LogP contribution in [0.1, 0.15) is 40.1 Å². The van der Waals surface area contributed by atoms with E-state index in [0.29, 0.717) is 27.9 Å². The summed E-state index contributed by atoms with van der Waals surface area (Å²) in [5, 5.41) is 16.3. The van der Waals surface area contributed by atoms with Gasteiger partial charge in [0, 0.05) is 40.7 Å². The number of aromatic nitrogens is 1. The molecule has 0 aliphatic heterocycles. The van der Waals surface area contributed by atoms with E-state index in [2.05, 4.69) is 21.7 Å². The largest absolute Gasteiger partial charge is 0.454 e. The van der Waals surface area contributed by atoms with Crippen LogP contribution in [0, 0.1) is 18.3 Å². The monoisotopic (exact) mass is 490 g/mol. The Bertz CT molecular complexity index is 1720. The van der Waals surface area contributed by atoms with Crippen molar-refractivity contribution in [1.29, 1.82) is 5.26 Å². The highest BCUT2D eigenvalue weighted by molar-refractivity contribution is 6.19. The number of nitrogens with zero attached hydrogens (tertiary/aromatic N) is 1. The molecule has 0 saturated carbocycles. The Hall–Kier alpha value is -4.83. The minimum absolute atomic E-state index is 0.248. The molecule has 0 aliphatic carbocycles. The van der Waals surface area contributed by atoms with Gasteiger partial charge < -0.3 is 20.0 Å². The number of hydrogen-bond donors (Lipinski definition) is 3. The van der Waals surface area contributed by atoms with Gasteiger partial charge in [-0.05, 0) is 50.6 Å². The molecule has 3 N–H and O–H groups in total. The average Bonchev–Trinajstić information content (AvgIpc) is 3.53. The van der Waals surface area contributed by atoms with Crippen LogP contribution >= 0.6 is 0 Å².